The molecule has 2 atom stereocenters. The third kappa shape index (κ3) is 6.99. The van der Waals surface area contributed by atoms with Gasteiger partial charge in [0, 0.05) is 0 Å². The van der Waals surface area contributed by atoms with Crippen LogP contribution in [0.2, 0.25) is 0 Å². The molecule has 2 saturated carbocycles. The lowest BCUT2D eigenvalue weighted by Crippen LogP contribution is -2.31. The monoisotopic (exact) mass is 424 g/mol. The maximum Gasteiger partial charge on any atom is 0.377 e. The van der Waals surface area contributed by atoms with Gasteiger partial charge in [0.25, 0.3) is 0 Å². The molecule has 2 fully saturated rings. The minimum atomic E-state index is -0.963. The van der Waals surface area contributed by atoms with Gasteiger partial charge < -0.3 is 20.0 Å². The number of esters is 2. The molecule has 1 unspecified atom stereocenters. The van der Waals surface area contributed by atoms with E-state index in [9.17, 15) is 14.4 Å². The van der Waals surface area contributed by atoms with Crippen molar-refractivity contribution in [2.45, 2.75) is 91.1 Å². The molecule has 0 heterocycles. The van der Waals surface area contributed by atoms with Crippen LogP contribution in [0.1, 0.15) is 85.5 Å². The van der Waals surface area contributed by atoms with Crippen LogP contribution in [0.15, 0.2) is 5.16 Å². The van der Waals surface area contributed by atoms with E-state index in [1.165, 1.54) is 32.1 Å². The molecule has 0 saturated heterocycles. The molecule has 2 rings (SSSR count). The highest BCUT2D eigenvalue weighted by Gasteiger charge is 2.62. The minimum absolute atomic E-state index is 0.0402. The van der Waals surface area contributed by atoms with E-state index in [0.717, 1.165) is 12.8 Å². The van der Waals surface area contributed by atoms with E-state index in [2.05, 4.69) is 5.16 Å². The second-order valence-electron chi connectivity index (χ2n) is 9.48. The Morgan fingerprint density at radius 2 is 1.77 bits per heavy atom. The van der Waals surface area contributed by atoms with E-state index in [0.29, 0.717) is 12.3 Å². The number of nitrogens with two attached hydrogens (primary N) is 1. The van der Waals surface area contributed by atoms with Crippen LogP contribution in [0, 0.1) is 17.3 Å². The fourth-order valence-corrected chi connectivity index (χ4v) is 4.27. The first-order valence-electron chi connectivity index (χ1n) is 11.0. The van der Waals surface area contributed by atoms with Gasteiger partial charge in [-0.25, -0.2) is 9.59 Å². The van der Waals surface area contributed by atoms with Crippen molar-refractivity contribution in [3.8, 4) is 0 Å². The molecule has 170 valence electrons. The maximum atomic E-state index is 12.8. The van der Waals surface area contributed by atoms with Crippen LogP contribution in [0.3, 0.4) is 0 Å². The Labute approximate surface area is 178 Å². The highest BCUT2D eigenvalue weighted by atomic mass is 16.7. The molecule has 0 aromatic rings. The Kier molecular flexibility index (Phi) is 8.26. The highest BCUT2D eigenvalue weighted by molar-refractivity contribution is 6.34. The molecule has 2 aliphatic carbocycles. The zero-order valence-corrected chi connectivity index (χ0v) is 18.7. The van der Waals surface area contributed by atoms with Crippen LogP contribution >= 0.6 is 0 Å². The summed E-state index contributed by atoms with van der Waals surface area (Å²) in [5.74, 6) is -1.74. The smallest absolute Gasteiger partial charge is 0.377 e. The molecule has 0 aliphatic heterocycles. The zero-order valence-electron chi connectivity index (χ0n) is 18.7. The topological polar surface area (TPSA) is 117 Å². The summed E-state index contributed by atoms with van der Waals surface area (Å²) in [5.41, 5.74) is 3.90. The molecule has 8 nitrogen and oxygen atoms in total. The van der Waals surface area contributed by atoms with Gasteiger partial charge in [-0.05, 0) is 52.4 Å². The summed E-state index contributed by atoms with van der Waals surface area (Å²) in [5, 5.41) is 3.43. The predicted octanol–water partition coefficient (Wildman–Crippen LogP) is 3.46. The van der Waals surface area contributed by atoms with Crippen LogP contribution in [0.4, 0.5) is 0 Å². The summed E-state index contributed by atoms with van der Waals surface area (Å²) in [4.78, 5) is 41.8. The van der Waals surface area contributed by atoms with Gasteiger partial charge in [0.1, 0.15) is 5.60 Å². The standard InChI is InChI=1S/C22H36N2O6/c1-5-28-19(26)18(23)24-30-20(27)22(14-17(25)29-21(2,3)4)13-16(22)12-11-15-9-7-6-8-10-15/h15-16H,5-14H2,1-4H3,(H2,23,24)/t16?,22-/m0/s1. The Morgan fingerprint density at radius 1 is 1.10 bits per heavy atom. The first-order valence-corrected chi connectivity index (χ1v) is 11.0. The van der Waals surface area contributed by atoms with Crippen molar-refractivity contribution in [2.75, 3.05) is 6.61 Å². The van der Waals surface area contributed by atoms with Crippen molar-refractivity contribution < 1.29 is 28.7 Å². The lowest BCUT2D eigenvalue weighted by atomic mass is 9.84. The van der Waals surface area contributed by atoms with E-state index in [1.807, 2.05) is 0 Å². The molecule has 8 heteroatoms. The third-order valence-corrected chi connectivity index (χ3v) is 5.88. The number of amidine groups is 1. The fraction of sp³-hybridized carbons (Fsp3) is 0.818. The van der Waals surface area contributed by atoms with Crippen LogP contribution in [0.5, 0.6) is 0 Å². The second kappa shape index (κ2) is 10.3. The molecule has 0 aromatic heterocycles. The number of nitrogens with zero attached hydrogens (tertiary/aromatic N) is 1. The maximum absolute atomic E-state index is 12.8. The number of carbonyl (C=O) groups excluding carboxylic acids is 3. The second-order valence-corrected chi connectivity index (χ2v) is 9.48. The summed E-state index contributed by atoms with van der Waals surface area (Å²) < 4.78 is 10.1. The number of ether oxygens (including phenoxy) is 2. The van der Waals surface area contributed by atoms with Crippen molar-refractivity contribution in [1.29, 1.82) is 0 Å². The normalized spacial score (nSPS) is 24.8. The molecule has 0 amide bonds. The first-order chi connectivity index (χ1) is 14.1. The predicted molar refractivity (Wildman–Crippen MR) is 111 cm³/mol. The third-order valence-electron chi connectivity index (χ3n) is 5.88. The van der Waals surface area contributed by atoms with Gasteiger partial charge >= 0.3 is 17.9 Å². The van der Waals surface area contributed by atoms with Crippen molar-refractivity contribution in [3.63, 3.8) is 0 Å². The Bertz CT molecular complexity index is 663. The van der Waals surface area contributed by atoms with Crippen LogP contribution in [-0.2, 0) is 28.7 Å². The van der Waals surface area contributed by atoms with Gasteiger partial charge in [-0.1, -0.05) is 43.7 Å². The molecule has 0 radical (unpaired) electrons. The van der Waals surface area contributed by atoms with Crippen molar-refractivity contribution in [2.24, 2.45) is 28.1 Å². The number of carbonyl (C=O) groups is 3. The molecular weight excluding hydrogens is 388 g/mol. The number of hydrogen-bond acceptors (Lipinski definition) is 7. The summed E-state index contributed by atoms with van der Waals surface area (Å²) in [6.07, 6.45) is 8.69. The molecular formula is C22H36N2O6. The van der Waals surface area contributed by atoms with Gasteiger partial charge in [-0.3, -0.25) is 4.79 Å². The Balaban J connectivity index is 2.02. The Morgan fingerprint density at radius 3 is 2.37 bits per heavy atom. The minimum Gasteiger partial charge on any atom is -0.460 e. The summed E-state index contributed by atoms with van der Waals surface area (Å²) in [6.45, 7) is 7.12. The first kappa shape index (κ1) is 24.2. The van der Waals surface area contributed by atoms with Crippen molar-refractivity contribution in [3.05, 3.63) is 0 Å². The lowest BCUT2D eigenvalue weighted by molar-refractivity contribution is -0.163. The van der Waals surface area contributed by atoms with Gasteiger partial charge in [0.15, 0.2) is 0 Å². The number of hydrogen-bond donors (Lipinski definition) is 1. The molecule has 30 heavy (non-hydrogen) atoms. The lowest BCUT2D eigenvalue weighted by Gasteiger charge is -2.23. The van der Waals surface area contributed by atoms with E-state index in [1.54, 1.807) is 27.7 Å². The summed E-state index contributed by atoms with van der Waals surface area (Å²) in [6, 6.07) is 0. The number of rotatable bonds is 8. The molecule has 2 aliphatic rings. The van der Waals surface area contributed by atoms with E-state index < -0.39 is 34.8 Å². The molecule has 0 spiro atoms. The number of oxime groups is 1. The van der Waals surface area contributed by atoms with Gasteiger partial charge in [-0.2, -0.15) is 0 Å². The van der Waals surface area contributed by atoms with Gasteiger partial charge in [0.05, 0.1) is 18.4 Å². The van der Waals surface area contributed by atoms with Crippen molar-refractivity contribution in [1.82, 2.24) is 0 Å². The molecule has 0 bridgehead atoms. The van der Waals surface area contributed by atoms with E-state index >= 15 is 0 Å². The van der Waals surface area contributed by atoms with Gasteiger partial charge in [0.2, 0.25) is 5.84 Å². The van der Waals surface area contributed by atoms with Crippen molar-refractivity contribution >= 4 is 23.7 Å². The van der Waals surface area contributed by atoms with Crippen LogP contribution in [0.25, 0.3) is 0 Å². The van der Waals surface area contributed by atoms with Crippen LogP contribution in [-0.4, -0.2) is 36.0 Å². The molecule has 0 aromatic carbocycles. The fourth-order valence-electron chi connectivity index (χ4n) is 4.27. The van der Waals surface area contributed by atoms with E-state index in [-0.39, 0.29) is 18.9 Å². The Hall–Kier alpha value is -2.12. The van der Waals surface area contributed by atoms with E-state index in [4.69, 9.17) is 20.0 Å². The SMILES string of the molecule is CCOC(=O)/C(N)=N/OC(=O)[C@]1(CC(=O)OC(C)(C)C)CC1CCC1CCCCC1. The average Bonchev–Trinajstić information content (AvgIpc) is 3.37. The highest BCUT2D eigenvalue weighted by Crippen LogP contribution is 2.59. The zero-order chi connectivity index (χ0) is 22.4. The summed E-state index contributed by atoms with van der Waals surface area (Å²) in [7, 11) is 0. The average molecular weight is 425 g/mol. The summed E-state index contributed by atoms with van der Waals surface area (Å²) >= 11 is 0. The van der Waals surface area contributed by atoms with Crippen LogP contribution < -0.4 is 5.73 Å². The quantitative estimate of drug-likeness (QED) is 0.208. The molecule has 2 N–H and O–H groups in total. The largest absolute Gasteiger partial charge is 0.460 e. The van der Waals surface area contributed by atoms with Gasteiger partial charge in [-0.15, -0.1) is 0 Å².